The summed E-state index contributed by atoms with van der Waals surface area (Å²) in [7, 11) is 1.57. The first-order valence-corrected chi connectivity index (χ1v) is 16.7. The van der Waals surface area contributed by atoms with Gasteiger partial charge >= 0.3 is 5.97 Å². The molecule has 0 spiro atoms. The SMILES string of the molecule is CCCNC[C@]1(O)[C@H](C)OC([C@H]2[C@H](C)[C@@H](C)[C@](C)(O)C[C@@H](C)C(=O)[C@H](C)[C@@H](O)[C@](C)(O)[C@@H](CC)OC(=O)[C@@H]2C)C[C@@]1(C)OC. The lowest BCUT2D eigenvalue weighted by Gasteiger charge is -2.56. The highest BCUT2D eigenvalue weighted by molar-refractivity contribution is 5.83. The number of aliphatic hydroxyl groups excluding tert-OH is 1. The lowest BCUT2D eigenvalue weighted by molar-refractivity contribution is -0.282. The van der Waals surface area contributed by atoms with Crippen LogP contribution in [0, 0.1) is 35.5 Å². The first-order chi connectivity index (χ1) is 20.2. The summed E-state index contributed by atoms with van der Waals surface area (Å²) in [6.07, 6.45) is -2.23. The van der Waals surface area contributed by atoms with Gasteiger partial charge in [-0.25, -0.2) is 0 Å². The molecule has 14 atom stereocenters. The van der Waals surface area contributed by atoms with Gasteiger partial charge in [0.05, 0.1) is 35.4 Å². The summed E-state index contributed by atoms with van der Waals surface area (Å²) in [6.45, 7) is 20.5. The van der Waals surface area contributed by atoms with Crippen LogP contribution in [-0.4, -0.2) is 99.2 Å². The minimum Gasteiger partial charge on any atom is -0.459 e. The summed E-state index contributed by atoms with van der Waals surface area (Å²) in [5, 5.41) is 49.7. The average Bonchev–Trinajstić information content (AvgIpc) is 2.96. The molecule has 10 heteroatoms. The molecule has 10 nitrogen and oxygen atoms in total. The van der Waals surface area contributed by atoms with Crippen LogP contribution in [0.25, 0.3) is 0 Å². The summed E-state index contributed by atoms with van der Waals surface area (Å²) >= 11 is 0. The van der Waals surface area contributed by atoms with Gasteiger partial charge in [-0.2, -0.15) is 0 Å². The van der Waals surface area contributed by atoms with Gasteiger partial charge in [0.25, 0.3) is 0 Å². The number of aliphatic hydroxyl groups is 4. The molecule has 1 unspecified atom stereocenters. The van der Waals surface area contributed by atoms with Crippen LogP contribution < -0.4 is 5.32 Å². The van der Waals surface area contributed by atoms with Crippen LogP contribution in [0.2, 0.25) is 0 Å². The van der Waals surface area contributed by atoms with E-state index in [1.165, 1.54) is 6.92 Å². The maximum Gasteiger partial charge on any atom is 0.309 e. The van der Waals surface area contributed by atoms with E-state index in [2.05, 4.69) is 12.2 Å². The van der Waals surface area contributed by atoms with Crippen LogP contribution in [0.15, 0.2) is 0 Å². The first kappa shape index (κ1) is 39.0. The molecule has 0 radical (unpaired) electrons. The van der Waals surface area contributed by atoms with Crippen molar-refractivity contribution in [1.82, 2.24) is 5.32 Å². The number of esters is 1. The molecule has 44 heavy (non-hydrogen) atoms. The fourth-order valence-electron chi connectivity index (χ4n) is 7.93. The molecular formula is C34H63NO9. The molecule has 0 aromatic rings. The average molecular weight is 630 g/mol. The number of methoxy groups -OCH3 is 1. The molecule has 0 amide bonds. The fourth-order valence-corrected chi connectivity index (χ4v) is 7.93. The molecule has 2 aliphatic heterocycles. The minimum atomic E-state index is -1.90. The molecule has 2 aliphatic rings. The highest BCUT2D eigenvalue weighted by Gasteiger charge is 2.59. The number of Topliss-reactive ketones (excluding diaryl/α,β-unsaturated/α-hetero) is 1. The number of carbonyl (C=O) groups is 2. The Morgan fingerprint density at radius 1 is 0.955 bits per heavy atom. The second-order valence-corrected chi connectivity index (χ2v) is 14.7. The number of nitrogens with one attached hydrogen (secondary N) is 1. The van der Waals surface area contributed by atoms with Gasteiger partial charge in [-0.3, -0.25) is 9.59 Å². The van der Waals surface area contributed by atoms with Crippen molar-refractivity contribution in [3.63, 3.8) is 0 Å². The van der Waals surface area contributed by atoms with Crippen LogP contribution in [0.4, 0.5) is 0 Å². The fraction of sp³-hybridized carbons (Fsp3) is 0.941. The third-order valence-electron chi connectivity index (χ3n) is 11.6. The van der Waals surface area contributed by atoms with E-state index in [0.717, 1.165) is 13.0 Å². The Bertz CT molecular complexity index is 972. The smallest absolute Gasteiger partial charge is 0.309 e. The number of carbonyl (C=O) groups excluding carboxylic acids is 2. The van der Waals surface area contributed by atoms with Gasteiger partial charge in [0.1, 0.15) is 23.1 Å². The van der Waals surface area contributed by atoms with Gasteiger partial charge in [-0.05, 0) is 65.3 Å². The van der Waals surface area contributed by atoms with E-state index in [0.29, 0.717) is 0 Å². The monoisotopic (exact) mass is 629 g/mol. The molecule has 0 aliphatic carbocycles. The Morgan fingerprint density at radius 3 is 2.07 bits per heavy atom. The summed E-state index contributed by atoms with van der Waals surface area (Å²) in [5.41, 5.74) is -5.59. The standard InChI is InChI=1S/C34H63NO9/c1-13-15-35-18-34(41)24(8)43-25(17-32(34,10)42-12)27-20(4)23(7)31(9,39)16-19(3)28(36)22(6)29(37)33(11,40)26(14-2)44-30(38)21(27)5/h19-27,29,35,37,39-41H,13-18H2,1-12H3/t19-,20-,21-,22+,23-,24+,25?,26-,27+,29-,31-,32-,33-,34+/m1/s1. The van der Waals surface area contributed by atoms with Gasteiger partial charge in [-0.15, -0.1) is 0 Å². The number of hydrogen-bond donors (Lipinski definition) is 5. The van der Waals surface area contributed by atoms with Gasteiger partial charge in [0, 0.05) is 37.8 Å². The maximum absolute atomic E-state index is 13.9. The van der Waals surface area contributed by atoms with Crippen LogP contribution in [0.3, 0.4) is 0 Å². The predicted octanol–water partition coefficient (Wildman–Crippen LogP) is 3.25. The van der Waals surface area contributed by atoms with E-state index in [9.17, 15) is 30.0 Å². The molecule has 0 aromatic heterocycles. The summed E-state index contributed by atoms with van der Waals surface area (Å²) in [4.78, 5) is 27.4. The third kappa shape index (κ3) is 7.53. The molecule has 0 bridgehead atoms. The largest absolute Gasteiger partial charge is 0.459 e. The highest BCUT2D eigenvalue weighted by Crippen LogP contribution is 2.47. The third-order valence-corrected chi connectivity index (χ3v) is 11.6. The van der Waals surface area contributed by atoms with Crippen molar-refractivity contribution >= 4 is 11.8 Å². The molecule has 2 fully saturated rings. The molecule has 2 rings (SSSR count). The Balaban J connectivity index is 2.65. The minimum absolute atomic E-state index is 0.139. The highest BCUT2D eigenvalue weighted by atomic mass is 16.6. The second-order valence-electron chi connectivity index (χ2n) is 14.7. The summed E-state index contributed by atoms with van der Waals surface area (Å²) < 4.78 is 18.6. The quantitative estimate of drug-likeness (QED) is 0.209. The number of cyclic esters (lactones) is 1. The lowest BCUT2D eigenvalue weighted by atomic mass is 9.63. The van der Waals surface area contributed by atoms with E-state index in [4.69, 9.17) is 14.2 Å². The number of rotatable bonds is 7. The van der Waals surface area contributed by atoms with Crippen LogP contribution in [-0.2, 0) is 23.8 Å². The van der Waals surface area contributed by atoms with E-state index < -0.39 is 76.5 Å². The summed E-state index contributed by atoms with van der Waals surface area (Å²) in [5.74, 6) is -4.32. The maximum atomic E-state index is 13.9. The molecule has 0 aromatic carbocycles. The molecule has 0 saturated carbocycles. The number of ether oxygens (including phenoxy) is 3. The molecule has 2 saturated heterocycles. The van der Waals surface area contributed by atoms with E-state index in [-0.39, 0.29) is 43.4 Å². The van der Waals surface area contributed by atoms with Crippen molar-refractivity contribution in [2.24, 2.45) is 35.5 Å². The van der Waals surface area contributed by atoms with Crippen LogP contribution >= 0.6 is 0 Å². The van der Waals surface area contributed by atoms with Crippen molar-refractivity contribution in [3.05, 3.63) is 0 Å². The normalized spacial score (nSPS) is 48.5. The van der Waals surface area contributed by atoms with Gasteiger partial charge in [-0.1, -0.05) is 48.5 Å². The Hall–Kier alpha value is -1.14. The number of hydrogen-bond acceptors (Lipinski definition) is 10. The van der Waals surface area contributed by atoms with Crippen LogP contribution in [0.1, 0.15) is 102 Å². The molecule has 2 heterocycles. The zero-order valence-corrected chi connectivity index (χ0v) is 29.3. The molecular weight excluding hydrogens is 566 g/mol. The van der Waals surface area contributed by atoms with E-state index in [1.807, 2.05) is 27.7 Å². The number of ketones is 1. The molecule has 258 valence electrons. The van der Waals surface area contributed by atoms with Crippen molar-refractivity contribution in [2.45, 2.75) is 149 Å². The molecule has 5 N–H and O–H groups in total. The van der Waals surface area contributed by atoms with Crippen molar-refractivity contribution in [2.75, 3.05) is 20.2 Å². The first-order valence-electron chi connectivity index (χ1n) is 16.7. The summed E-state index contributed by atoms with van der Waals surface area (Å²) in [6, 6.07) is 0. The predicted molar refractivity (Wildman–Crippen MR) is 169 cm³/mol. The zero-order chi connectivity index (χ0) is 34.0. The topological polar surface area (TPSA) is 155 Å². The van der Waals surface area contributed by atoms with E-state index in [1.54, 1.807) is 41.7 Å². The zero-order valence-electron chi connectivity index (χ0n) is 29.3. The van der Waals surface area contributed by atoms with Crippen molar-refractivity contribution in [1.29, 1.82) is 0 Å². The van der Waals surface area contributed by atoms with E-state index >= 15 is 0 Å². The van der Waals surface area contributed by atoms with Crippen molar-refractivity contribution in [3.8, 4) is 0 Å². The lowest BCUT2D eigenvalue weighted by Crippen LogP contribution is -2.70. The Morgan fingerprint density at radius 2 is 1.55 bits per heavy atom. The Kier molecular flexibility index (Phi) is 13.1. The van der Waals surface area contributed by atoms with Gasteiger partial charge in [0.15, 0.2) is 0 Å². The van der Waals surface area contributed by atoms with Crippen molar-refractivity contribution < 1.29 is 44.2 Å². The van der Waals surface area contributed by atoms with Gasteiger partial charge < -0.3 is 40.0 Å². The Labute approximate surface area is 265 Å². The second kappa shape index (κ2) is 14.7. The van der Waals surface area contributed by atoms with Crippen LogP contribution in [0.5, 0.6) is 0 Å². The van der Waals surface area contributed by atoms with Gasteiger partial charge in [0.2, 0.25) is 0 Å².